The molecule has 0 atom stereocenters. The number of benzene rings is 1. The number of anilines is 1. The molecule has 1 heterocycles. The molecule has 108 valence electrons. The Labute approximate surface area is 123 Å². The molecular weight excluding hydrogens is 298 g/mol. The van der Waals surface area contributed by atoms with Gasteiger partial charge in [0.2, 0.25) is 0 Å². The summed E-state index contributed by atoms with van der Waals surface area (Å²) in [5, 5.41) is 4.66. The third-order valence-electron chi connectivity index (χ3n) is 3.03. The summed E-state index contributed by atoms with van der Waals surface area (Å²) in [5.74, 6) is -0.137. The Hall–Kier alpha value is -1.53. The summed E-state index contributed by atoms with van der Waals surface area (Å²) in [6, 6.07) is 6.19. The number of hydrogen-bond donors (Lipinski definition) is 1. The first-order valence-electron chi connectivity index (χ1n) is 6.13. The van der Waals surface area contributed by atoms with Crippen molar-refractivity contribution in [2.45, 2.75) is 24.0 Å². The Balaban J connectivity index is 2.38. The largest absolute Gasteiger partial charge is 0.398 e. The Morgan fingerprint density at radius 2 is 2.05 bits per heavy atom. The Morgan fingerprint density at radius 3 is 2.60 bits per heavy atom. The number of sulfone groups is 1. The van der Waals surface area contributed by atoms with Gasteiger partial charge in [-0.05, 0) is 30.7 Å². The van der Waals surface area contributed by atoms with E-state index < -0.39 is 9.84 Å². The maximum Gasteiger partial charge on any atom is 0.186 e. The van der Waals surface area contributed by atoms with Gasteiger partial charge in [-0.1, -0.05) is 18.5 Å². The minimum atomic E-state index is -3.52. The van der Waals surface area contributed by atoms with Crippen LogP contribution in [0.3, 0.4) is 0 Å². The summed E-state index contributed by atoms with van der Waals surface area (Å²) < 4.78 is 26.4. The van der Waals surface area contributed by atoms with Crippen LogP contribution < -0.4 is 5.73 Å². The summed E-state index contributed by atoms with van der Waals surface area (Å²) >= 11 is 5.79. The molecular formula is C13H16ClN3O2S. The summed E-state index contributed by atoms with van der Waals surface area (Å²) in [6.07, 6.45) is 0.761. The molecule has 0 amide bonds. The van der Waals surface area contributed by atoms with Gasteiger partial charge in [0, 0.05) is 12.1 Å². The minimum absolute atomic E-state index is 0.0983. The molecule has 0 fully saturated rings. The first-order chi connectivity index (χ1) is 9.33. The van der Waals surface area contributed by atoms with Crippen molar-refractivity contribution < 1.29 is 8.42 Å². The fourth-order valence-electron chi connectivity index (χ4n) is 1.95. The standard InChI is InChI=1S/C13H16ClN3O2S/c1-3-10-7-11(17(2)16-10)8-20(18,19)13-5-4-9(14)6-12(13)15/h4-7H,3,8,15H2,1-2H3. The lowest BCUT2D eigenvalue weighted by atomic mass is 10.3. The predicted molar refractivity (Wildman–Crippen MR) is 79.3 cm³/mol. The normalized spacial score (nSPS) is 11.8. The number of aryl methyl sites for hydroxylation is 2. The molecule has 0 aliphatic carbocycles. The van der Waals surface area contributed by atoms with Gasteiger partial charge in [-0.2, -0.15) is 5.10 Å². The maximum atomic E-state index is 12.4. The number of hydrogen-bond acceptors (Lipinski definition) is 4. The van der Waals surface area contributed by atoms with Gasteiger partial charge in [0.15, 0.2) is 9.84 Å². The van der Waals surface area contributed by atoms with E-state index >= 15 is 0 Å². The quantitative estimate of drug-likeness (QED) is 0.878. The van der Waals surface area contributed by atoms with Crippen molar-refractivity contribution in [3.63, 3.8) is 0 Å². The number of halogens is 1. The summed E-state index contributed by atoms with van der Waals surface area (Å²) in [5.41, 5.74) is 7.41. The average molecular weight is 314 g/mol. The zero-order valence-electron chi connectivity index (χ0n) is 11.3. The molecule has 1 aromatic heterocycles. The van der Waals surface area contributed by atoms with Crippen molar-refractivity contribution in [3.8, 4) is 0 Å². The molecule has 2 N–H and O–H groups in total. The average Bonchev–Trinajstić information content (AvgIpc) is 2.69. The molecule has 7 heteroatoms. The van der Waals surface area contributed by atoms with Gasteiger partial charge in [-0.25, -0.2) is 8.42 Å². The van der Waals surface area contributed by atoms with E-state index in [1.165, 1.54) is 18.2 Å². The molecule has 0 saturated heterocycles. The SMILES string of the molecule is CCc1cc(CS(=O)(=O)c2ccc(Cl)cc2N)n(C)n1. The van der Waals surface area contributed by atoms with E-state index in [1.54, 1.807) is 17.8 Å². The van der Waals surface area contributed by atoms with E-state index in [9.17, 15) is 8.42 Å². The highest BCUT2D eigenvalue weighted by molar-refractivity contribution is 7.90. The van der Waals surface area contributed by atoms with Crippen molar-refractivity contribution in [1.82, 2.24) is 9.78 Å². The molecule has 0 saturated carbocycles. The topological polar surface area (TPSA) is 78.0 Å². The zero-order chi connectivity index (χ0) is 14.9. The van der Waals surface area contributed by atoms with Crippen molar-refractivity contribution in [2.24, 2.45) is 7.05 Å². The second-order valence-corrected chi connectivity index (χ2v) is 6.94. The third kappa shape index (κ3) is 2.96. The fraction of sp³-hybridized carbons (Fsp3) is 0.308. The van der Waals surface area contributed by atoms with Gasteiger partial charge in [-0.3, -0.25) is 4.68 Å². The van der Waals surface area contributed by atoms with E-state index in [2.05, 4.69) is 5.10 Å². The molecule has 2 rings (SSSR count). The summed E-state index contributed by atoms with van der Waals surface area (Å²) in [7, 11) is -1.79. The molecule has 1 aromatic carbocycles. The first-order valence-corrected chi connectivity index (χ1v) is 8.16. The third-order valence-corrected chi connectivity index (χ3v) is 4.99. The smallest absolute Gasteiger partial charge is 0.186 e. The number of aromatic nitrogens is 2. The van der Waals surface area contributed by atoms with Crippen LogP contribution in [-0.4, -0.2) is 18.2 Å². The van der Waals surface area contributed by atoms with E-state index in [0.29, 0.717) is 10.7 Å². The van der Waals surface area contributed by atoms with Crippen molar-refractivity contribution >= 4 is 27.1 Å². The monoisotopic (exact) mass is 313 g/mol. The van der Waals surface area contributed by atoms with Crippen LogP contribution in [0.1, 0.15) is 18.3 Å². The molecule has 0 radical (unpaired) electrons. The van der Waals surface area contributed by atoms with Gasteiger partial charge in [-0.15, -0.1) is 0 Å². The molecule has 5 nitrogen and oxygen atoms in total. The Morgan fingerprint density at radius 1 is 1.35 bits per heavy atom. The number of rotatable bonds is 4. The summed E-state index contributed by atoms with van der Waals surface area (Å²) in [6.45, 7) is 1.97. The van der Waals surface area contributed by atoms with Crippen LogP contribution in [0.4, 0.5) is 5.69 Å². The highest BCUT2D eigenvalue weighted by atomic mass is 35.5. The van der Waals surface area contributed by atoms with Crippen LogP contribution in [0.5, 0.6) is 0 Å². The van der Waals surface area contributed by atoms with Crippen molar-refractivity contribution in [2.75, 3.05) is 5.73 Å². The molecule has 20 heavy (non-hydrogen) atoms. The van der Waals surface area contributed by atoms with Crippen LogP contribution >= 0.6 is 11.6 Å². The fourth-order valence-corrected chi connectivity index (χ4v) is 3.64. The molecule has 0 spiro atoms. The van der Waals surface area contributed by atoms with Gasteiger partial charge >= 0.3 is 0 Å². The van der Waals surface area contributed by atoms with Gasteiger partial charge in [0.25, 0.3) is 0 Å². The van der Waals surface area contributed by atoms with Crippen molar-refractivity contribution in [3.05, 3.63) is 40.7 Å². The van der Waals surface area contributed by atoms with Crippen LogP contribution in [0.2, 0.25) is 5.02 Å². The lowest BCUT2D eigenvalue weighted by Gasteiger charge is -2.08. The predicted octanol–water partition coefficient (Wildman–Crippen LogP) is 2.19. The number of nitrogens with two attached hydrogens (primary N) is 1. The number of nitrogen functional groups attached to an aromatic ring is 1. The van der Waals surface area contributed by atoms with E-state index in [1.807, 2.05) is 6.92 Å². The Kier molecular flexibility index (Phi) is 4.06. The molecule has 0 unspecified atom stereocenters. The van der Waals surface area contributed by atoms with Crippen LogP contribution in [0.15, 0.2) is 29.2 Å². The second-order valence-electron chi connectivity index (χ2n) is 4.55. The maximum absolute atomic E-state index is 12.4. The highest BCUT2D eigenvalue weighted by Gasteiger charge is 2.20. The van der Waals surface area contributed by atoms with Crippen LogP contribution in [0.25, 0.3) is 0 Å². The van der Waals surface area contributed by atoms with Crippen LogP contribution in [-0.2, 0) is 29.1 Å². The van der Waals surface area contributed by atoms with Crippen LogP contribution in [0, 0.1) is 0 Å². The lowest BCUT2D eigenvalue weighted by molar-refractivity contribution is 0.592. The van der Waals surface area contributed by atoms with Gasteiger partial charge in [0.05, 0.1) is 27.7 Å². The van der Waals surface area contributed by atoms with Gasteiger partial charge in [0.1, 0.15) is 0 Å². The zero-order valence-corrected chi connectivity index (χ0v) is 12.9. The molecule has 0 bridgehead atoms. The van der Waals surface area contributed by atoms with Gasteiger partial charge < -0.3 is 5.73 Å². The molecule has 2 aromatic rings. The Bertz CT molecular complexity index is 738. The van der Waals surface area contributed by atoms with E-state index in [0.717, 1.165) is 12.1 Å². The molecule has 0 aliphatic rings. The van der Waals surface area contributed by atoms with E-state index in [-0.39, 0.29) is 16.3 Å². The lowest BCUT2D eigenvalue weighted by Crippen LogP contribution is -2.10. The summed E-state index contributed by atoms with van der Waals surface area (Å²) in [4.78, 5) is 0.0983. The van der Waals surface area contributed by atoms with E-state index in [4.69, 9.17) is 17.3 Å². The minimum Gasteiger partial charge on any atom is -0.398 e. The second kappa shape index (κ2) is 5.46. The first kappa shape index (κ1) is 14.9. The molecule has 0 aliphatic heterocycles. The number of nitrogens with zero attached hydrogens (tertiary/aromatic N) is 2. The van der Waals surface area contributed by atoms with Crippen molar-refractivity contribution in [1.29, 1.82) is 0 Å². The highest BCUT2D eigenvalue weighted by Crippen LogP contribution is 2.25.